The van der Waals surface area contributed by atoms with Crippen LogP contribution in [-0.2, 0) is 32.6 Å². The number of sulfonamides is 1. The number of anilines is 1. The number of carbonyl (C=O) groups is 2. The molecule has 3 aromatic carbocycles. The number of hydrogen-bond acceptors (Lipinski definition) is 5. The zero-order chi connectivity index (χ0) is 32.5. The van der Waals surface area contributed by atoms with Gasteiger partial charge in [0.05, 0.1) is 18.6 Å². The predicted octanol–water partition coefficient (Wildman–Crippen LogP) is 6.49. The molecule has 3 aromatic rings. The summed E-state index contributed by atoms with van der Waals surface area (Å²) in [7, 11) is -3.69. The first kappa shape index (κ1) is 35.2. The SMILES string of the molecule is CCOc1ccccc1N(CCCC(=O)N(Cc1ccc(Cl)cc1Cl)[C@@H](Cc1ccccc1)C(=O)NC(C)(C)C)S(C)(=O)=O. The molecule has 44 heavy (non-hydrogen) atoms. The number of halogens is 2. The highest BCUT2D eigenvalue weighted by Crippen LogP contribution is 2.30. The molecule has 3 rings (SSSR count). The minimum Gasteiger partial charge on any atom is -0.492 e. The smallest absolute Gasteiger partial charge is 0.243 e. The molecule has 0 unspecified atom stereocenters. The van der Waals surface area contributed by atoms with Crippen LogP contribution < -0.4 is 14.4 Å². The Labute approximate surface area is 271 Å². The van der Waals surface area contributed by atoms with Gasteiger partial charge in [-0.2, -0.15) is 0 Å². The van der Waals surface area contributed by atoms with Gasteiger partial charge in [-0.3, -0.25) is 13.9 Å². The number of ether oxygens (including phenoxy) is 1. The van der Waals surface area contributed by atoms with Crippen LogP contribution in [0.15, 0.2) is 72.8 Å². The quantitative estimate of drug-likeness (QED) is 0.213. The maximum Gasteiger partial charge on any atom is 0.243 e. The van der Waals surface area contributed by atoms with E-state index in [9.17, 15) is 18.0 Å². The van der Waals surface area contributed by atoms with Gasteiger partial charge >= 0.3 is 0 Å². The van der Waals surface area contributed by atoms with E-state index in [0.717, 1.165) is 11.8 Å². The lowest BCUT2D eigenvalue weighted by Crippen LogP contribution is -2.54. The molecular weight excluding hydrogens is 621 g/mol. The van der Waals surface area contributed by atoms with E-state index in [0.29, 0.717) is 33.7 Å². The maximum atomic E-state index is 14.0. The van der Waals surface area contributed by atoms with E-state index >= 15 is 0 Å². The number of hydrogen-bond donors (Lipinski definition) is 1. The van der Waals surface area contributed by atoms with Crippen molar-refractivity contribution in [2.45, 2.75) is 65.1 Å². The minimum absolute atomic E-state index is 0.0118. The molecule has 0 saturated carbocycles. The number of rotatable bonds is 14. The Hall–Kier alpha value is -3.27. The summed E-state index contributed by atoms with van der Waals surface area (Å²) in [5.74, 6) is -0.178. The van der Waals surface area contributed by atoms with Crippen molar-refractivity contribution in [2.75, 3.05) is 23.7 Å². The second-order valence-corrected chi connectivity index (χ2v) is 14.3. The topological polar surface area (TPSA) is 96.0 Å². The fourth-order valence-electron chi connectivity index (χ4n) is 4.76. The number of nitrogens with one attached hydrogen (secondary N) is 1. The van der Waals surface area contributed by atoms with Crippen molar-refractivity contribution >= 4 is 50.7 Å². The van der Waals surface area contributed by atoms with Crippen LogP contribution in [0.25, 0.3) is 0 Å². The molecule has 2 amide bonds. The fourth-order valence-corrected chi connectivity index (χ4v) is 6.20. The summed E-state index contributed by atoms with van der Waals surface area (Å²) in [6, 6.07) is 20.5. The molecule has 0 radical (unpaired) electrons. The molecule has 1 atom stereocenters. The molecule has 11 heteroatoms. The molecule has 238 valence electrons. The van der Waals surface area contributed by atoms with Gasteiger partial charge in [0.1, 0.15) is 11.8 Å². The molecule has 1 N–H and O–H groups in total. The second-order valence-electron chi connectivity index (χ2n) is 11.5. The van der Waals surface area contributed by atoms with E-state index in [-0.39, 0.29) is 44.2 Å². The van der Waals surface area contributed by atoms with Crippen molar-refractivity contribution < 1.29 is 22.7 Å². The van der Waals surface area contributed by atoms with Crippen LogP contribution in [-0.4, -0.2) is 56.1 Å². The molecule has 8 nitrogen and oxygen atoms in total. The summed E-state index contributed by atoms with van der Waals surface area (Å²) in [5, 5.41) is 3.86. The fraction of sp³-hybridized carbons (Fsp3) is 0.394. The number of amides is 2. The van der Waals surface area contributed by atoms with Crippen LogP contribution >= 0.6 is 23.2 Å². The summed E-state index contributed by atoms with van der Waals surface area (Å²) in [6.45, 7) is 7.94. The van der Waals surface area contributed by atoms with Gasteiger partial charge in [0.2, 0.25) is 21.8 Å². The van der Waals surface area contributed by atoms with Gasteiger partial charge in [0, 0.05) is 41.5 Å². The Morgan fingerprint density at radius 3 is 2.25 bits per heavy atom. The largest absolute Gasteiger partial charge is 0.492 e. The van der Waals surface area contributed by atoms with Crippen LogP contribution in [0.5, 0.6) is 5.75 Å². The summed E-state index contributed by atoms with van der Waals surface area (Å²) in [6.07, 6.45) is 1.59. The van der Waals surface area contributed by atoms with Crippen LogP contribution in [0.3, 0.4) is 0 Å². The van der Waals surface area contributed by atoms with Gasteiger partial charge in [0.25, 0.3) is 0 Å². The average molecular weight is 663 g/mol. The number of carbonyl (C=O) groups excluding carboxylic acids is 2. The summed E-state index contributed by atoms with van der Waals surface area (Å²) >= 11 is 12.7. The Morgan fingerprint density at radius 2 is 1.64 bits per heavy atom. The standard InChI is InChI=1S/C33H41Cl2N3O5S/c1-6-43-30-16-11-10-15-28(30)38(44(5,41)42)20-12-17-31(39)37(23-25-18-19-26(34)22-27(25)35)29(32(40)36-33(2,3)4)21-24-13-8-7-9-14-24/h7-11,13-16,18-19,22,29H,6,12,17,20-21,23H2,1-5H3,(H,36,40)/t29-/m0/s1. The number of para-hydroxylation sites is 2. The van der Waals surface area contributed by atoms with Crippen LogP contribution in [0, 0.1) is 0 Å². The average Bonchev–Trinajstić information content (AvgIpc) is 2.93. The van der Waals surface area contributed by atoms with Gasteiger partial charge in [-0.15, -0.1) is 0 Å². The van der Waals surface area contributed by atoms with Gasteiger partial charge in [-0.25, -0.2) is 8.42 Å². The Morgan fingerprint density at radius 1 is 0.977 bits per heavy atom. The van der Waals surface area contributed by atoms with Gasteiger partial charge in [-0.05, 0) is 69.5 Å². The summed E-state index contributed by atoms with van der Waals surface area (Å²) in [5.41, 5.74) is 1.38. The molecule has 0 aliphatic rings. The molecule has 0 saturated heterocycles. The minimum atomic E-state index is -3.69. The molecule has 0 bridgehead atoms. The molecule has 0 fully saturated rings. The summed E-state index contributed by atoms with van der Waals surface area (Å²) in [4.78, 5) is 29.4. The van der Waals surface area contributed by atoms with Gasteiger partial charge in [-0.1, -0.05) is 71.7 Å². The highest BCUT2D eigenvalue weighted by molar-refractivity contribution is 7.92. The molecule has 0 heterocycles. The van der Waals surface area contributed by atoms with Crippen molar-refractivity contribution in [3.8, 4) is 5.75 Å². The lowest BCUT2D eigenvalue weighted by molar-refractivity contribution is -0.142. The highest BCUT2D eigenvalue weighted by atomic mass is 35.5. The van der Waals surface area contributed by atoms with Crippen molar-refractivity contribution in [1.29, 1.82) is 0 Å². The Balaban J connectivity index is 1.95. The Bertz CT molecular complexity index is 1530. The van der Waals surface area contributed by atoms with Crippen LogP contribution in [0.4, 0.5) is 5.69 Å². The molecular formula is C33H41Cl2N3O5S. The first-order chi connectivity index (χ1) is 20.7. The summed E-state index contributed by atoms with van der Waals surface area (Å²) < 4.78 is 32.6. The Kier molecular flexibility index (Phi) is 12.5. The second kappa shape index (κ2) is 15.6. The third-order valence-corrected chi connectivity index (χ3v) is 8.48. The molecule has 0 spiro atoms. The molecule has 0 aliphatic carbocycles. The van der Waals surface area contributed by atoms with Gasteiger partial charge < -0.3 is 15.0 Å². The van der Waals surface area contributed by atoms with Crippen molar-refractivity contribution in [3.63, 3.8) is 0 Å². The van der Waals surface area contributed by atoms with E-state index in [2.05, 4.69) is 5.32 Å². The van der Waals surface area contributed by atoms with Gasteiger partial charge in [0.15, 0.2) is 0 Å². The molecule has 0 aromatic heterocycles. The predicted molar refractivity (Wildman–Crippen MR) is 178 cm³/mol. The zero-order valence-corrected chi connectivity index (χ0v) is 28.2. The van der Waals surface area contributed by atoms with E-state index in [1.807, 2.05) is 58.0 Å². The lowest BCUT2D eigenvalue weighted by Gasteiger charge is -2.34. The number of benzene rings is 3. The highest BCUT2D eigenvalue weighted by Gasteiger charge is 2.33. The monoisotopic (exact) mass is 661 g/mol. The van der Waals surface area contributed by atoms with E-state index in [1.54, 1.807) is 42.5 Å². The first-order valence-electron chi connectivity index (χ1n) is 14.5. The number of nitrogens with zero attached hydrogens (tertiary/aromatic N) is 2. The lowest BCUT2D eigenvalue weighted by atomic mass is 10.00. The maximum absolute atomic E-state index is 14.0. The molecule has 0 aliphatic heterocycles. The van der Waals surface area contributed by atoms with Crippen molar-refractivity contribution in [2.24, 2.45) is 0 Å². The van der Waals surface area contributed by atoms with Crippen molar-refractivity contribution in [3.05, 3.63) is 94.0 Å². The third-order valence-electron chi connectivity index (χ3n) is 6.71. The zero-order valence-electron chi connectivity index (χ0n) is 25.8. The van der Waals surface area contributed by atoms with Crippen LogP contribution in [0.1, 0.15) is 51.7 Å². The van der Waals surface area contributed by atoms with E-state index < -0.39 is 21.6 Å². The third kappa shape index (κ3) is 10.4. The van der Waals surface area contributed by atoms with Crippen LogP contribution in [0.2, 0.25) is 10.0 Å². The van der Waals surface area contributed by atoms with E-state index in [4.69, 9.17) is 27.9 Å². The first-order valence-corrected chi connectivity index (χ1v) is 17.1. The normalized spacial score (nSPS) is 12.3. The van der Waals surface area contributed by atoms with Crippen molar-refractivity contribution in [1.82, 2.24) is 10.2 Å². The van der Waals surface area contributed by atoms with E-state index in [1.165, 1.54) is 9.21 Å².